The number of pyridine rings is 1. The third kappa shape index (κ3) is 5.58. The predicted molar refractivity (Wildman–Crippen MR) is 130 cm³/mol. The standard InChI is InChI=1S/C25H36N6O/c1-4-26-25(31-15-16-32-23(19-31)22-8-6-5-7-20(22)2)28-18-21-9-10-27-24(17-21)30-13-11-29(3)12-14-30/h5-10,17,23H,4,11-16,18-19H2,1-3H3,(H,26,28). The molecule has 0 radical (unpaired) electrons. The van der Waals surface area contributed by atoms with Gasteiger partial charge in [-0.1, -0.05) is 24.3 Å². The molecule has 2 aliphatic rings. The Labute approximate surface area is 192 Å². The summed E-state index contributed by atoms with van der Waals surface area (Å²) < 4.78 is 6.11. The third-order valence-corrected chi connectivity index (χ3v) is 6.28. The predicted octanol–water partition coefficient (Wildman–Crippen LogP) is 2.68. The van der Waals surface area contributed by atoms with E-state index in [0.29, 0.717) is 13.2 Å². The van der Waals surface area contributed by atoms with Crippen molar-refractivity contribution in [2.45, 2.75) is 26.5 Å². The summed E-state index contributed by atoms with van der Waals surface area (Å²) in [5, 5.41) is 3.48. The van der Waals surface area contributed by atoms with Crippen molar-refractivity contribution in [3.8, 4) is 0 Å². The van der Waals surface area contributed by atoms with Crippen molar-refractivity contribution in [2.24, 2.45) is 4.99 Å². The first-order valence-corrected chi connectivity index (χ1v) is 11.7. The molecule has 7 nitrogen and oxygen atoms in total. The Bertz CT molecular complexity index is 909. The topological polar surface area (TPSA) is 56.2 Å². The molecule has 172 valence electrons. The highest BCUT2D eigenvalue weighted by atomic mass is 16.5. The van der Waals surface area contributed by atoms with Crippen molar-refractivity contribution in [1.29, 1.82) is 0 Å². The number of nitrogens with one attached hydrogen (secondary N) is 1. The lowest BCUT2D eigenvalue weighted by atomic mass is 10.0. The van der Waals surface area contributed by atoms with E-state index in [2.05, 4.69) is 82.3 Å². The Kier molecular flexibility index (Phi) is 7.60. The van der Waals surface area contributed by atoms with E-state index in [0.717, 1.165) is 57.6 Å². The van der Waals surface area contributed by atoms with Gasteiger partial charge in [-0.05, 0) is 49.7 Å². The lowest BCUT2D eigenvalue weighted by molar-refractivity contribution is -0.00834. The van der Waals surface area contributed by atoms with Gasteiger partial charge in [0.2, 0.25) is 0 Å². The number of hydrogen-bond donors (Lipinski definition) is 1. The maximum atomic E-state index is 6.11. The molecule has 0 saturated carbocycles. The van der Waals surface area contributed by atoms with Crippen LogP contribution in [-0.2, 0) is 11.3 Å². The number of anilines is 1. The zero-order valence-electron chi connectivity index (χ0n) is 19.6. The molecular weight excluding hydrogens is 400 g/mol. The second-order valence-electron chi connectivity index (χ2n) is 8.64. The molecule has 1 aromatic heterocycles. The van der Waals surface area contributed by atoms with Gasteiger partial charge in [-0.15, -0.1) is 0 Å². The van der Waals surface area contributed by atoms with Gasteiger partial charge in [0, 0.05) is 45.5 Å². The van der Waals surface area contributed by atoms with Crippen molar-refractivity contribution < 1.29 is 4.74 Å². The number of ether oxygens (including phenoxy) is 1. The van der Waals surface area contributed by atoms with E-state index in [1.807, 2.05) is 6.20 Å². The van der Waals surface area contributed by atoms with E-state index < -0.39 is 0 Å². The van der Waals surface area contributed by atoms with Crippen LogP contribution in [0.25, 0.3) is 0 Å². The smallest absolute Gasteiger partial charge is 0.194 e. The number of rotatable bonds is 5. The first-order chi connectivity index (χ1) is 15.6. The number of benzene rings is 1. The number of hydrogen-bond acceptors (Lipinski definition) is 5. The Hall–Kier alpha value is -2.64. The quantitative estimate of drug-likeness (QED) is 0.575. The minimum Gasteiger partial charge on any atom is -0.370 e. The summed E-state index contributed by atoms with van der Waals surface area (Å²) in [4.78, 5) is 16.6. The molecule has 0 bridgehead atoms. The van der Waals surface area contributed by atoms with Crippen molar-refractivity contribution >= 4 is 11.8 Å². The summed E-state index contributed by atoms with van der Waals surface area (Å²) in [6.45, 7) is 12.3. The summed E-state index contributed by atoms with van der Waals surface area (Å²) in [5.41, 5.74) is 3.72. The number of aliphatic imine (C=N–C) groups is 1. The Morgan fingerprint density at radius 2 is 1.97 bits per heavy atom. The fourth-order valence-electron chi connectivity index (χ4n) is 4.34. The molecule has 0 spiro atoms. The van der Waals surface area contributed by atoms with Crippen LogP contribution in [0.1, 0.15) is 29.7 Å². The summed E-state index contributed by atoms with van der Waals surface area (Å²) in [5.74, 6) is 2.01. The molecule has 3 heterocycles. The van der Waals surface area contributed by atoms with E-state index in [4.69, 9.17) is 9.73 Å². The minimum absolute atomic E-state index is 0.0681. The number of morpholine rings is 1. The highest BCUT2D eigenvalue weighted by molar-refractivity contribution is 5.80. The zero-order chi connectivity index (χ0) is 22.3. The van der Waals surface area contributed by atoms with Gasteiger partial charge in [0.15, 0.2) is 5.96 Å². The van der Waals surface area contributed by atoms with Gasteiger partial charge in [-0.3, -0.25) is 0 Å². The molecule has 7 heteroatoms. The first-order valence-electron chi connectivity index (χ1n) is 11.7. The number of piperazine rings is 1. The Morgan fingerprint density at radius 3 is 2.75 bits per heavy atom. The van der Waals surface area contributed by atoms with E-state index in [-0.39, 0.29) is 6.10 Å². The van der Waals surface area contributed by atoms with Crippen LogP contribution < -0.4 is 10.2 Å². The number of aromatic nitrogens is 1. The van der Waals surface area contributed by atoms with Crippen LogP contribution >= 0.6 is 0 Å². The van der Waals surface area contributed by atoms with E-state index in [1.165, 1.54) is 16.7 Å². The Morgan fingerprint density at radius 1 is 1.16 bits per heavy atom. The molecule has 2 aliphatic heterocycles. The maximum absolute atomic E-state index is 6.11. The largest absolute Gasteiger partial charge is 0.370 e. The van der Waals surface area contributed by atoms with Crippen LogP contribution in [0.15, 0.2) is 47.6 Å². The molecule has 32 heavy (non-hydrogen) atoms. The summed E-state index contributed by atoms with van der Waals surface area (Å²) in [6.07, 6.45) is 1.98. The van der Waals surface area contributed by atoms with Crippen LogP contribution in [0.3, 0.4) is 0 Å². The third-order valence-electron chi connectivity index (χ3n) is 6.28. The highest BCUT2D eigenvalue weighted by Crippen LogP contribution is 2.25. The first kappa shape index (κ1) is 22.6. The molecule has 2 aromatic rings. The number of likely N-dealkylation sites (N-methyl/N-ethyl adjacent to an activating group) is 1. The van der Waals surface area contributed by atoms with Gasteiger partial charge in [0.05, 0.1) is 19.7 Å². The van der Waals surface area contributed by atoms with Crippen LogP contribution in [0.5, 0.6) is 0 Å². The second kappa shape index (κ2) is 10.8. The van der Waals surface area contributed by atoms with Crippen LogP contribution in [0.4, 0.5) is 5.82 Å². The van der Waals surface area contributed by atoms with Gasteiger partial charge >= 0.3 is 0 Å². The van der Waals surface area contributed by atoms with Crippen molar-refractivity contribution in [1.82, 2.24) is 20.1 Å². The monoisotopic (exact) mass is 436 g/mol. The number of aryl methyl sites for hydroxylation is 1. The normalized spacial score (nSPS) is 20.5. The molecule has 4 rings (SSSR count). The molecular formula is C25H36N6O. The van der Waals surface area contributed by atoms with Crippen molar-refractivity contribution in [3.63, 3.8) is 0 Å². The maximum Gasteiger partial charge on any atom is 0.194 e. The van der Waals surface area contributed by atoms with Crippen LogP contribution in [0, 0.1) is 6.92 Å². The molecule has 2 saturated heterocycles. The van der Waals surface area contributed by atoms with Crippen molar-refractivity contribution in [3.05, 3.63) is 59.3 Å². The summed E-state index contributed by atoms with van der Waals surface area (Å²) in [6, 6.07) is 12.8. The Balaban J connectivity index is 1.45. The molecule has 2 fully saturated rings. The second-order valence-corrected chi connectivity index (χ2v) is 8.64. The number of nitrogens with zero attached hydrogens (tertiary/aromatic N) is 5. The molecule has 1 N–H and O–H groups in total. The lowest BCUT2D eigenvalue weighted by Gasteiger charge is -2.36. The number of guanidine groups is 1. The molecule has 0 aliphatic carbocycles. The average Bonchev–Trinajstić information content (AvgIpc) is 2.83. The fourth-order valence-corrected chi connectivity index (χ4v) is 4.34. The van der Waals surface area contributed by atoms with Crippen LogP contribution in [-0.4, -0.2) is 80.2 Å². The van der Waals surface area contributed by atoms with Gasteiger partial charge < -0.3 is 24.8 Å². The zero-order valence-corrected chi connectivity index (χ0v) is 19.6. The van der Waals surface area contributed by atoms with Gasteiger partial charge in [0.25, 0.3) is 0 Å². The average molecular weight is 437 g/mol. The van der Waals surface area contributed by atoms with Gasteiger partial charge in [0.1, 0.15) is 11.9 Å². The SMILES string of the molecule is CCNC(=NCc1ccnc(N2CCN(C)CC2)c1)N1CCOC(c2ccccc2C)C1. The molecule has 1 unspecified atom stereocenters. The highest BCUT2D eigenvalue weighted by Gasteiger charge is 2.25. The van der Waals surface area contributed by atoms with E-state index >= 15 is 0 Å². The summed E-state index contributed by atoms with van der Waals surface area (Å²) in [7, 11) is 2.17. The van der Waals surface area contributed by atoms with Gasteiger partial charge in [-0.25, -0.2) is 9.98 Å². The summed E-state index contributed by atoms with van der Waals surface area (Å²) >= 11 is 0. The lowest BCUT2D eigenvalue weighted by Crippen LogP contribution is -2.48. The van der Waals surface area contributed by atoms with Crippen LogP contribution in [0.2, 0.25) is 0 Å². The van der Waals surface area contributed by atoms with Crippen molar-refractivity contribution in [2.75, 3.05) is 64.4 Å². The minimum atomic E-state index is 0.0681. The van der Waals surface area contributed by atoms with Gasteiger partial charge in [-0.2, -0.15) is 0 Å². The molecule has 0 amide bonds. The fraction of sp³-hybridized carbons (Fsp3) is 0.520. The van der Waals surface area contributed by atoms with E-state index in [1.54, 1.807) is 0 Å². The molecule has 1 aromatic carbocycles. The molecule has 1 atom stereocenters. The van der Waals surface area contributed by atoms with E-state index in [9.17, 15) is 0 Å².